The van der Waals surface area contributed by atoms with Gasteiger partial charge in [-0.2, -0.15) is 0 Å². The predicted octanol–water partition coefficient (Wildman–Crippen LogP) is 3.15. The second-order valence-electron chi connectivity index (χ2n) is 5.03. The molecule has 0 bridgehead atoms. The summed E-state index contributed by atoms with van der Waals surface area (Å²) in [5.74, 6) is -0.552. The number of phenols is 3. The van der Waals surface area contributed by atoms with Gasteiger partial charge in [0.05, 0.1) is 0 Å². The van der Waals surface area contributed by atoms with E-state index >= 15 is 0 Å². The van der Waals surface area contributed by atoms with Gasteiger partial charge in [0, 0.05) is 35.6 Å². The summed E-state index contributed by atoms with van der Waals surface area (Å²) in [6, 6.07) is 10.6. The molecule has 0 atom stereocenters. The Morgan fingerprint density at radius 1 is 0.913 bits per heavy atom. The Morgan fingerprint density at radius 3 is 2.35 bits per heavy atom. The van der Waals surface area contributed by atoms with E-state index in [0.29, 0.717) is 23.5 Å². The molecule has 0 aliphatic heterocycles. The van der Waals surface area contributed by atoms with Crippen LogP contribution in [0.15, 0.2) is 54.7 Å². The fourth-order valence-corrected chi connectivity index (χ4v) is 1.94. The molecule has 5 N–H and O–H groups in total. The maximum Gasteiger partial charge on any atom is 0.224 e. The minimum absolute atomic E-state index is 0.0843. The van der Waals surface area contributed by atoms with Gasteiger partial charge in [0.25, 0.3) is 0 Å². The maximum absolute atomic E-state index is 11.8. The van der Waals surface area contributed by atoms with Gasteiger partial charge in [-0.25, -0.2) is 0 Å². The van der Waals surface area contributed by atoms with E-state index in [4.69, 9.17) is 0 Å². The number of anilines is 2. The Morgan fingerprint density at radius 2 is 1.65 bits per heavy atom. The van der Waals surface area contributed by atoms with E-state index in [1.54, 1.807) is 18.2 Å². The van der Waals surface area contributed by atoms with Gasteiger partial charge < -0.3 is 26.0 Å². The molecule has 6 heteroatoms. The number of phenolic OH excluding ortho intramolecular Hbond substituents is 3. The van der Waals surface area contributed by atoms with Gasteiger partial charge in [-0.1, -0.05) is 12.6 Å². The van der Waals surface area contributed by atoms with Crippen molar-refractivity contribution < 1.29 is 20.1 Å². The lowest BCUT2D eigenvalue weighted by molar-refractivity contribution is -0.116. The highest BCUT2D eigenvalue weighted by atomic mass is 16.3. The lowest BCUT2D eigenvalue weighted by Gasteiger charge is -2.11. The molecule has 0 aliphatic rings. The number of aromatic hydroxyl groups is 3. The van der Waals surface area contributed by atoms with Gasteiger partial charge in [-0.15, -0.1) is 0 Å². The first-order chi connectivity index (χ1) is 10.9. The van der Waals surface area contributed by atoms with Crippen LogP contribution in [0.1, 0.15) is 12.8 Å². The van der Waals surface area contributed by atoms with E-state index in [-0.39, 0.29) is 29.6 Å². The fraction of sp³-hybridized carbons (Fsp3) is 0.118. The monoisotopic (exact) mass is 314 g/mol. The Bertz CT molecular complexity index is 728. The second-order valence-corrected chi connectivity index (χ2v) is 5.03. The third-order valence-electron chi connectivity index (χ3n) is 3.08. The SMILES string of the molecule is C=C(CCC(=O)Nc1cccc(O)c1)Nc1ccc(O)c(O)c1. The molecule has 0 radical (unpaired) electrons. The lowest BCUT2D eigenvalue weighted by Crippen LogP contribution is -2.12. The van der Waals surface area contributed by atoms with E-state index in [0.717, 1.165) is 0 Å². The summed E-state index contributed by atoms with van der Waals surface area (Å²) in [6.45, 7) is 3.82. The highest BCUT2D eigenvalue weighted by molar-refractivity contribution is 5.91. The summed E-state index contributed by atoms with van der Waals surface area (Å²) in [6.07, 6.45) is 0.609. The van der Waals surface area contributed by atoms with Gasteiger partial charge in [-0.05, 0) is 30.7 Å². The number of amides is 1. The highest BCUT2D eigenvalue weighted by Gasteiger charge is 2.06. The van der Waals surface area contributed by atoms with E-state index < -0.39 is 0 Å². The Kier molecular flexibility index (Phi) is 5.09. The van der Waals surface area contributed by atoms with E-state index in [1.807, 2.05) is 0 Å². The molecular weight excluding hydrogens is 296 g/mol. The number of rotatable bonds is 6. The van der Waals surface area contributed by atoms with Crippen LogP contribution in [0, 0.1) is 0 Å². The van der Waals surface area contributed by atoms with Crippen LogP contribution in [0.25, 0.3) is 0 Å². The van der Waals surface area contributed by atoms with Crippen molar-refractivity contribution in [2.75, 3.05) is 10.6 Å². The van der Waals surface area contributed by atoms with Crippen molar-refractivity contribution in [2.45, 2.75) is 12.8 Å². The Hall–Kier alpha value is -3.15. The van der Waals surface area contributed by atoms with Crippen molar-refractivity contribution in [3.05, 3.63) is 54.7 Å². The normalized spacial score (nSPS) is 10.1. The minimum Gasteiger partial charge on any atom is -0.508 e. The topological polar surface area (TPSA) is 102 Å². The average molecular weight is 314 g/mol. The van der Waals surface area contributed by atoms with Crippen LogP contribution in [0.4, 0.5) is 11.4 Å². The molecule has 0 fully saturated rings. The first-order valence-electron chi connectivity index (χ1n) is 7.00. The fourth-order valence-electron chi connectivity index (χ4n) is 1.94. The molecule has 0 aliphatic carbocycles. The van der Waals surface area contributed by atoms with E-state index in [9.17, 15) is 20.1 Å². The zero-order chi connectivity index (χ0) is 16.8. The van der Waals surface area contributed by atoms with Crippen LogP contribution in [0.2, 0.25) is 0 Å². The standard InChI is InChI=1S/C17H18N2O4/c1-11(18-13-6-7-15(21)16(22)10-13)5-8-17(23)19-12-3-2-4-14(20)9-12/h2-4,6-7,9-10,18,20-22H,1,5,8H2,(H,19,23). The zero-order valence-electron chi connectivity index (χ0n) is 12.4. The summed E-state index contributed by atoms with van der Waals surface area (Å²) >= 11 is 0. The quantitative estimate of drug-likeness (QED) is 0.416. The van der Waals surface area contributed by atoms with Gasteiger partial charge in [0.15, 0.2) is 11.5 Å². The Labute approximate surface area is 133 Å². The molecular formula is C17H18N2O4. The number of allylic oxidation sites excluding steroid dienone is 1. The second kappa shape index (κ2) is 7.22. The number of hydrogen-bond acceptors (Lipinski definition) is 5. The summed E-state index contributed by atoms with van der Waals surface area (Å²) in [5.41, 5.74) is 1.69. The van der Waals surface area contributed by atoms with Crippen molar-refractivity contribution in [1.29, 1.82) is 0 Å². The third kappa shape index (κ3) is 4.96. The van der Waals surface area contributed by atoms with E-state index in [2.05, 4.69) is 17.2 Å². The van der Waals surface area contributed by atoms with Crippen molar-refractivity contribution in [2.24, 2.45) is 0 Å². The maximum atomic E-state index is 11.8. The van der Waals surface area contributed by atoms with Crippen molar-refractivity contribution in [1.82, 2.24) is 0 Å². The predicted molar refractivity (Wildman–Crippen MR) is 88.5 cm³/mol. The molecule has 0 aromatic heterocycles. The van der Waals surface area contributed by atoms with Crippen molar-refractivity contribution in [3.63, 3.8) is 0 Å². The van der Waals surface area contributed by atoms with Crippen LogP contribution in [-0.2, 0) is 4.79 Å². The summed E-state index contributed by atoms with van der Waals surface area (Å²) in [5, 5.41) is 33.6. The summed E-state index contributed by atoms with van der Waals surface area (Å²) in [4.78, 5) is 11.8. The number of hydrogen-bond donors (Lipinski definition) is 5. The van der Waals surface area contributed by atoms with Gasteiger partial charge >= 0.3 is 0 Å². The molecule has 1 amide bonds. The highest BCUT2D eigenvalue weighted by Crippen LogP contribution is 2.28. The number of benzene rings is 2. The minimum atomic E-state index is -0.232. The summed E-state index contributed by atoms with van der Waals surface area (Å²) < 4.78 is 0. The van der Waals surface area contributed by atoms with Gasteiger partial charge in [-0.3, -0.25) is 4.79 Å². The van der Waals surface area contributed by atoms with Crippen molar-refractivity contribution >= 4 is 17.3 Å². The van der Waals surface area contributed by atoms with Crippen LogP contribution >= 0.6 is 0 Å². The molecule has 0 heterocycles. The molecule has 2 aromatic rings. The molecule has 0 saturated carbocycles. The van der Waals surface area contributed by atoms with Gasteiger partial charge in [0.2, 0.25) is 5.91 Å². The van der Waals surface area contributed by atoms with E-state index in [1.165, 1.54) is 24.3 Å². The Balaban J connectivity index is 1.81. The molecule has 2 rings (SSSR count). The van der Waals surface area contributed by atoms with Crippen molar-refractivity contribution in [3.8, 4) is 17.2 Å². The molecule has 0 spiro atoms. The van der Waals surface area contributed by atoms with Gasteiger partial charge in [0.1, 0.15) is 5.75 Å². The molecule has 0 unspecified atom stereocenters. The molecule has 6 nitrogen and oxygen atoms in total. The number of carbonyl (C=O) groups excluding carboxylic acids is 1. The van der Waals surface area contributed by atoms with Crippen LogP contribution in [0.3, 0.4) is 0 Å². The number of nitrogens with one attached hydrogen (secondary N) is 2. The molecule has 23 heavy (non-hydrogen) atoms. The van der Waals surface area contributed by atoms with Crippen LogP contribution in [0.5, 0.6) is 17.2 Å². The number of carbonyl (C=O) groups is 1. The first kappa shape index (κ1) is 16.2. The first-order valence-corrected chi connectivity index (χ1v) is 7.00. The van der Waals surface area contributed by atoms with Crippen LogP contribution in [-0.4, -0.2) is 21.2 Å². The third-order valence-corrected chi connectivity index (χ3v) is 3.08. The summed E-state index contributed by atoms with van der Waals surface area (Å²) in [7, 11) is 0. The largest absolute Gasteiger partial charge is 0.508 e. The smallest absolute Gasteiger partial charge is 0.224 e. The lowest BCUT2D eigenvalue weighted by atomic mass is 10.2. The average Bonchev–Trinajstić information content (AvgIpc) is 2.49. The van der Waals surface area contributed by atoms with Crippen LogP contribution < -0.4 is 10.6 Å². The zero-order valence-corrected chi connectivity index (χ0v) is 12.4. The molecule has 2 aromatic carbocycles. The molecule has 120 valence electrons. The molecule has 0 saturated heterocycles.